The minimum atomic E-state index is -0.253. The van der Waals surface area contributed by atoms with Gasteiger partial charge in [-0.15, -0.1) is 0 Å². The van der Waals surface area contributed by atoms with Gasteiger partial charge < -0.3 is 20.3 Å². The number of fused-ring (bicyclic) bond motifs is 1. The van der Waals surface area contributed by atoms with Crippen molar-refractivity contribution in [2.45, 2.75) is 25.9 Å². The Balaban J connectivity index is 1.19. The molecular weight excluding hydrogens is 414 g/mol. The third kappa shape index (κ3) is 5.71. The lowest BCUT2D eigenvalue weighted by Crippen LogP contribution is -2.30. The molecule has 2 amide bonds. The summed E-state index contributed by atoms with van der Waals surface area (Å²) in [6.07, 6.45) is 1.31. The number of methoxy groups -OCH3 is 1. The van der Waals surface area contributed by atoms with E-state index in [0.717, 1.165) is 25.1 Å². The number of nitrogens with zero attached hydrogens (tertiary/aromatic N) is 1. The van der Waals surface area contributed by atoms with Crippen molar-refractivity contribution in [1.82, 2.24) is 10.6 Å². The second-order valence-electron chi connectivity index (χ2n) is 8.10. The molecule has 1 aliphatic heterocycles. The van der Waals surface area contributed by atoms with Gasteiger partial charge in [0.1, 0.15) is 5.75 Å². The summed E-state index contributed by atoms with van der Waals surface area (Å²) in [7, 11) is 1.53. The first-order chi connectivity index (χ1) is 16.1. The number of carbonyl (C=O) groups excluding carboxylic acids is 2. The number of amides is 2. The molecule has 1 heterocycles. The van der Waals surface area contributed by atoms with Gasteiger partial charge in [-0.2, -0.15) is 0 Å². The van der Waals surface area contributed by atoms with Crippen molar-refractivity contribution < 1.29 is 14.3 Å². The molecule has 4 rings (SSSR count). The lowest BCUT2D eigenvalue weighted by Gasteiger charge is -2.19. The predicted octanol–water partition coefficient (Wildman–Crippen LogP) is 3.69. The molecular formula is C27H29N3O3. The largest absolute Gasteiger partial charge is 0.496 e. The van der Waals surface area contributed by atoms with E-state index in [4.69, 9.17) is 4.74 Å². The molecule has 6 nitrogen and oxygen atoms in total. The minimum absolute atomic E-state index is 0.104. The van der Waals surface area contributed by atoms with Crippen LogP contribution in [-0.4, -0.2) is 32.0 Å². The van der Waals surface area contributed by atoms with Crippen molar-refractivity contribution in [3.05, 3.63) is 95.1 Å². The Bertz CT molecular complexity index is 1110. The molecule has 6 heteroatoms. The molecule has 2 N–H and O–H groups in total. The molecule has 3 aromatic rings. The Morgan fingerprint density at radius 2 is 1.64 bits per heavy atom. The summed E-state index contributed by atoms with van der Waals surface area (Å²) in [5.74, 6) is 0.154. The van der Waals surface area contributed by atoms with Crippen molar-refractivity contribution in [2.24, 2.45) is 0 Å². The Morgan fingerprint density at radius 1 is 0.909 bits per heavy atom. The van der Waals surface area contributed by atoms with Crippen LogP contribution in [0, 0.1) is 0 Å². The first-order valence-electron chi connectivity index (χ1n) is 11.2. The topological polar surface area (TPSA) is 70.7 Å². The zero-order valence-electron chi connectivity index (χ0n) is 18.8. The smallest absolute Gasteiger partial charge is 0.255 e. The third-order valence-corrected chi connectivity index (χ3v) is 5.86. The van der Waals surface area contributed by atoms with E-state index in [1.165, 1.54) is 23.9 Å². The fourth-order valence-corrected chi connectivity index (χ4v) is 4.06. The zero-order chi connectivity index (χ0) is 23.0. The normalized spacial score (nSPS) is 12.2. The molecule has 170 valence electrons. The maximum absolute atomic E-state index is 12.3. The number of hydrogen-bond donors (Lipinski definition) is 2. The van der Waals surface area contributed by atoms with Crippen LogP contribution in [-0.2, 0) is 24.3 Å². The van der Waals surface area contributed by atoms with E-state index in [2.05, 4.69) is 64.1 Å². The van der Waals surface area contributed by atoms with Crippen LogP contribution in [0.1, 0.15) is 33.5 Å². The van der Waals surface area contributed by atoms with Crippen molar-refractivity contribution in [2.75, 3.05) is 25.1 Å². The Kier molecular flexibility index (Phi) is 7.25. The number of hydrogen-bond acceptors (Lipinski definition) is 4. The molecule has 1 aliphatic rings. The van der Waals surface area contributed by atoms with E-state index in [-0.39, 0.29) is 24.8 Å². The van der Waals surface area contributed by atoms with Gasteiger partial charge in [-0.1, -0.05) is 54.6 Å². The van der Waals surface area contributed by atoms with Crippen LogP contribution >= 0.6 is 0 Å². The zero-order valence-corrected chi connectivity index (χ0v) is 18.8. The van der Waals surface area contributed by atoms with Gasteiger partial charge >= 0.3 is 0 Å². The number of anilines is 1. The van der Waals surface area contributed by atoms with Crippen LogP contribution in [0.4, 0.5) is 5.69 Å². The number of ether oxygens (including phenoxy) is 1. The molecule has 0 spiro atoms. The molecule has 0 radical (unpaired) electrons. The standard InChI is InChI=1S/C27H29N3O3/c1-33-25-9-5-3-7-23(25)27(32)28-16-14-26(31)29-18-20-10-12-21(13-11-20)19-30-17-15-22-6-2-4-8-24(22)30/h2-13H,14-19H2,1H3,(H,28,32)(H,29,31). The molecule has 0 aliphatic carbocycles. The van der Waals surface area contributed by atoms with Crippen LogP contribution < -0.4 is 20.3 Å². The molecule has 0 bridgehead atoms. The molecule has 3 aromatic carbocycles. The number of para-hydroxylation sites is 2. The quantitative estimate of drug-likeness (QED) is 0.529. The highest BCUT2D eigenvalue weighted by Crippen LogP contribution is 2.28. The second kappa shape index (κ2) is 10.7. The molecule has 0 unspecified atom stereocenters. The summed E-state index contributed by atoms with van der Waals surface area (Å²) < 4.78 is 5.20. The van der Waals surface area contributed by atoms with Crippen molar-refractivity contribution in [3.63, 3.8) is 0 Å². The second-order valence-corrected chi connectivity index (χ2v) is 8.10. The van der Waals surface area contributed by atoms with Crippen LogP contribution in [0.25, 0.3) is 0 Å². The first kappa shape index (κ1) is 22.4. The van der Waals surface area contributed by atoms with E-state index in [1.807, 2.05) is 0 Å². The number of carbonyl (C=O) groups is 2. The Morgan fingerprint density at radius 3 is 2.45 bits per heavy atom. The lowest BCUT2D eigenvalue weighted by molar-refractivity contribution is -0.121. The molecule has 0 saturated carbocycles. The SMILES string of the molecule is COc1ccccc1C(=O)NCCC(=O)NCc1ccc(CN2CCc3ccccc32)cc1. The van der Waals surface area contributed by atoms with Gasteiger partial charge in [0.05, 0.1) is 12.7 Å². The van der Waals surface area contributed by atoms with Crippen molar-refractivity contribution in [3.8, 4) is 5.75 Å². The van der Waals surface area contributed by atoms with E-state index < -0.39 is 0 Å². The monoisotopic (exact) mass is 443 g/mol. The summed E-state index contributed by atoms with van der Waals surface area (Å²) in [5.41, 5.74) is 5.49. The minimum Gasteiger partial charge on any atom is -0.496 e. The maximum Gasteiger partial charge on any atom is 0.255 e. The summed E-state index contributed by atoms with van der Waals surface area (Å²) >= 11 is 0. The van der Waals surface area contributed by atoms with Gasteiger partial charge in [-0.25, -0.2) is 0 Å². The molecule has 0 atom stereocenters. The summed E-state index contributed by atoms with van der Waals surface area (Å²) in [6.45, 7) is 2.66. The van der Waals surface area contributed by atoms with Crippen LogP contribution in [0.3, 0.4) is 0 Å². The number of rotatable bonds is 9. The van der Waals surface area contributed by atoms with Crippen molar-refractivity contribution in [1.29, 1.82) is 0 Å². The van der Waals surface area contributed by atoms with E-state index >= 15 is 0 Å². The van der Waals surface area contributed by atoms with E-state index in [0.29, 0.717) is 17.9 Å². The molecule has 0 saturated heterocycles. The average molecular weight is 444 g/mol. The van der Waals surface area contributed by atoms with Crippen LogP contribution in [0.5, 0.6) is 5.75 Å². The summed E-state index contributed by atoms with van der Waals surface area (Å²) in [5, 5.41) is 5.68. The first-order valence-corrected chi connectivity index (χ1v) is 11.2. The number of nitrogens with one attached hydrogen (secondary N) is 2. The van der Waals surface area contributed by atoms with Gasteiger partial charge in [0.2, 0.25) is 5.91 Å². The van der Waals surface area contributed by atoms with Gasteiger partial charge in [0, 0.05) is 38.3 Å². The molecule has 33 heavy (non-hydrogen) atoms. The fourth-order valence-electron chi connectivity index (χ4n) is 4.06. The summed E-state index contributed by atoms with van der Waals surface area (Å²) in [6, 6.07) is 23.9. The van der Waals surface area contributed by atoms with E-state index in [1.54, 1.807) is 24.3 Å². The predicted molar refractivity (Wildman–Crippen MR) is 129 cm³/mol. The highest BCUT2D eigenvalue weighted by Gasteiger charge is 2.18. The van der Waals surface area contributed by atoms with Crippen LogP contribution in [0.15, 0.2) is 72.8 Å². The van der Waals surface area contributed by atoms with Crippen LogP contribution in [0.2, 0.25) is 0 Å². The third-order valence-electron chi connectivity index (χ3n) is 5.86. The van der Waals surface area contributed by atoms with E-state index in [9.17, 15) is 9.59 Å². The number of benzene rings is 3. The van der Waals surface area contributed by atoms with Gasteiger partial charge in [0.15, 0.2) is 0 Å². The lowest BCUT2D eigenvalue weighted by atomic mass is 10.1. The van der Waals surface area contributed by atoms with Gasteiger partial charge in [-0.05, 0) is 41.3 Å². The fraction of sp³-hybridized carbons (Fsp3) is 0.259. The molecule has 0 aromatic heterocycles. The Labute approximate surface area is 194 Å². The van der Waals surface area contributed by atoms with Crippen molar-refractivity contribution >= 4 is 17.5 Å². The summed E-state index contributed by atoms with van der Waals surface area (Å²) in [4.78, 5) is 26.9. The maximum atomic E-state index is 12.3. The highest BCUT2D eigenvalue weighted by atomic mass is 16.5. The highest BCUT2D eigenvalue weighted by molar-refractivity contribution is 5.97. The average Bonchev–Trinajstić information content (AvgIpc) is 3.26. The van der Waals surface area contributed by atoms with Gasteiger partial charge in [0.25, 0.3) is 5.91 Å². The Hall–Kier alpha value is -3.80. The molecule has 0 fully saturated rings. The van der Waals surface area contributed by atoms with Gasteiger partial charge in [-0.3, -0.25) is 9.59 Å².